The van der Waals surface area contributed by atoms with Crippen molar-refractivity contribution >= 4 is 32.7 Å². The van der Waals surface area contributed by atoms with Crippen molar-refractivity contribution in [2.24, 2.45) is 0 Å². The summed E-state index contributed by atoms with van der Waals surface area (Å²) in [5.41, 5.74) is 14.9. The van der Waals surface area contributed by atoms with Gasteiger partial charge in [0.15, 0.2) is 5.82 Å². The quantitative estimate of drug-likeness (QED) is 0.179. The summed E-state index contributed by atoms with van der Waals surface area (Å²) in [4.78, 5) is 10.7. The van der Waals surface area contributed by atoms with Crippen LogP contribution in [0, 0.1) is 0 Å². The van der Waals surface area contributed by atoms with E-state index in [0.717, 1.165) is 71.9 Å². The molecule has 1 atom stereocenters. The second kappa shape index (κ2) is 12.2. The average Bonchev–Trinajstić information content (AvgIpc) is 3.77. The van der Waals surface area contributed by atoms with E-state index in [1.807, 2.05) is 12.1 Å². The monoisotopic (exact) mass is 702 g/mol. The number of hydrogen-bond donors (Lipinski definition) is 0. The summed E-state index contributed by atoms with van der Waals surface area (Å²) in [7, 11) is 0. The number of rotatable bonds is 5. The van der Waals surface area contributed by atoms with Crippen molar-refractivity contribution < 1.29 is 4.42 Å². The Morgan fingerprint density at radius 2 is 1.04 bits per heavy atom. The first kappa shape index (κ1) is 31.4. The SMILES string of the molecule is CC1(c2ccccc2)c2ccccc2-c2c(-c3cc(-c4ccc(-c5cccc6c5oc5ccccc56)cc4)nc(-c4cccc5ccccc45)n3)cccc21. The Hall–Kier alpha value is -7.10. The van der Waals surface area contributed by atoms with Gasteiger partial charge in [-0.3, -0.25) is 0 Å². The molecule has 0 spiro atoms. The van der Waals surface area contributed by atoms with Crippen LogP contribution in [0.5, 0.6) is 0 Å². The van der Waals surface area contributed by atoms with Crippen LogP contribution in [-0.2, 0) is 5.41 Å². The van der Waals surface area contributed by atoms with Crippen LogP contribution in [0.2, 0.25) is 0 Å². The Labute approximate surface area is 319 Å². The minimum Gasteiger partial charge on any atom is -0.455 e. The molecule has 1 unspecified atom stereocenters. The highest BCUT2D eigenvalue weighted by molar-refractivity contribution is 6.09. The minimum atomic E-state index is -0.309. The molecule has 0 radical (unpaired) electrons. The number of fused-ring (bicyclic) bond motifs is 7. The lowest BCUT2D eigenvalue weighted by Crippen LogP contribution is -2.22. The van der Waals surface area contributed by atoms with Crippen molar-refractivity contribution in [1.82, 2.24) is 9.97 Å². The fraction of sp³-hybridized carbons (Fsp3) is 0.0385. The predicted octanol–water partition coefficient (Wildman–Crippen LogP) is 13.5. The van der Waals surface area contributed by atoms with E-state index in [1.54, 1.807) is 0 Å². The lowest BCUT2D eigenvalue weighted by Gasteiger charge is -2.28. The first-order valence-electron chi connectivity index (χ1n) is 18.8. The molecule has 3 nitrogen and oxygen atoms in total. The van der Waals surface area contributed by atoms with Gasteiger partial charge < -0.3 is 4.42 Å². The molecule has 0 amide bonds. The summed E-state index contributed by atoms with van der Waals surface area (Å²) in [6, 6.07) is 66.8. The van der Waals surface area contributed by atoms with Crippen LogP contribution in [0.15, 0.2) is 192 Å². The number of aromatic nitrogens is 2. The van der Waals surface area contributed by atoms with Gasteiger partial charge in [0.05, 0.1) is 11.4 Å². The fourth-order valence-corrected chi connectivity index (χ4v) is 8.91. The summed E-state index contributed by atoms with van der Waals surface area (Å²) >= 11 is 0. The Balaban J connectivity index is 1.11. The van der Waals surface area contributed by atoms with Gasteiger partial charge in [0.25, 0.3) is 0 Å². The van der Waals surface area contributed by atoms with E-state index in [0.29, 0.717) is 5.82 Å². The van der Waals surface area contributed by atoms with Crippen molar-refractivity contribution in [3.05, 3.63) is 205 Å². The summed E-state index contributed by atoms with van der Waals surface area (Å²) in [5, 5.41) is 4.54. The second-order valence-corrected chi connectivity index (χ2v) is 14.6. The van der Waals surface area contributed by atoms with E-state index in [1.165, 1.54) is 27.8 Å². The Kier molecular flexibility index (Phi) is 6.99. The molecular weight excluding hydrogens is 669 g/mol. The van der Waals surface area contributed by atoms with Gasteiger partial charge in [-0.1, -0.05) is 176 Å². The minimum absolute atomic E-state index is 0.309. The number of para-hydroxylation sites is 2. The third-order valence-corrected chi connectivity index (χ3v) is 11.6. The third-order valence-electron chi connectivity index (χ3n) is 11.6. The lowest BCUT2D eigenvalue weighted by molar-refractivity contribution is 0.670. The highest BCUT2D eigenvalue weighted by Crippen LogP contribution is 2.55. The van der Waals surface area contributed by atoms with Gasteiger partial charge in [0.1, 0.15) is 11.2 Å². The van der Waals surface area contributed by atoms with Gasteiger partial charge in [0, 0.05) is 38.4 Å². The molecule has 55 heavy (non-hydrogen) atoms. The molecule has 11 rings (SSSR count). The maximum Gasteiger partial charge on any atom is 0.161 e. The molecule has 0 saturated carbocycles. The molecule has 0 N–H and O–H groups in total. The smallest absolute Gasteiger partial charge is 0.161 e. The Morgan fingerprint density at radius 1 is 0.436 bits per heavy atom. The number of benzene rings is 8. The topological polar surface area (TPSA) is 38.9 Å². The van der Waals surface area contributed by atoms with Crippen LogP contribution in [-0.4, -0.2) is 9.97 Å². The normalized spacial score (nSPS) is 14.7. The molecule has 0 bridgehead atoms. The van der Waals surface area contributed by atoms with E-state index in [-0.39, 0.29) is 5.41 Å². The van der Waals surface area contributed by atoms with Crippen LogP contribution in [0.1, 0.15) is 23.6 Å². The summed E-state index contributed by atoms with van der Waals surface area (Å²) in [6.07, 6.45) is 0. The molecule has 0 saturated heterocycles. The molecule has 258 valence electrons. The second-order valence-electron chi connectivity index (χ2n) is 14.6. The molecule has 1 aliphatic carbocycles. The maximum absolute atomic E-state index is 6.40. The van der Waals surface area contributed by atoms with Crippen molar-refractivity contribution in [2.45, 2.75) is 12.3 Å². The van der Waals surface area contributed by atoms with Gasteiger partial charge in [-0.05, 0) is 63.2 Å². The molecular formula is C52H34N2O. The predicted molar refractivity (Wildman–Crippen MR) is 226 cm³/mol. The first-order valence-corrected chi connectivity index (χ1v) is 18.8. The Morgan fingerprint density at radius 3 is 1.93 bits per heavy atom. The zero-order chi connectivity index (χ0) is 36.5. The Bertz CT molecular complexity index is 3100. The van der Waals surface area contributed by atoms with Crippen molar-refractivity contribution in [3.8, 4) is 56.2 Å². The largest absolute Gasteiger partial charge is 0.455 e. The van der Waals surface area contributed by atoms with Crippen LogP contribution in [0.25, 0.3) is 88.9 Å². The number of hydrogen-bond acceptors (Lipinski definition) is 3. The molecule has 0 aliphatic heterocycles. The van der Waals surface area contributed by atoms with E-state index < -0.39 is 0 Å². The molecule has 2 aromatic heterocycles. The first-order chi connectivity index (χ1) is 27.1. The van der Waals surface area contributed by atoms with E-state index >= 15 is 0 Å². The zero-order valence-corrected chi connectivity index (χ0v) is 30.2. The van der Waals surface area contributed by atoms with Crippen LogP contribution < -0.4 is 0 Å². The van der Waals surface area contributed by atoms with Gasteiger partial charge in [-0.2, -0.15) is 0 Å². The lowest BCUT2D eigenvalue weighted by atomic mass is 9.74. The van der Waals surface area contributed by atoms with Crippen molar-refractivity contribution in [1.29, 1.82) is 0 Å². The van der Waals surface area contributed by atoms with Gasteiger partial charge in [0.2, 0.25) is 0 Å². The van der Waals surface area contributed by atoms with E-state index in [9.17, 15) is 0 Å². The molecule has 0 fully saturated rings. The highest BCUT2D eigenvalue weighted by Gasteiger charge is 2.41. The maximum atomic E-state index is 6.40. The molecule has 10 aromatic rings. The van der Waals surface area contributed by atoms with Gasteiger partial charge in [-0.25, -0.2) is 9.97 Å². The van der Waals surface area contributed by atoms with Gasteiger partial charge in [-0.15, -0.1) is 0 Å². The molecule has 2 heterocycles. The molecule has 3 heteroatoms. The highest BCUT2D eigenvalue weighted by atomic mass is 16.3. The zero-order valence-electron chi connectivity index (χ0n) is 30.2. The van der Waals surface area contributed by atoms with Gasteiger partial charge >= 0.3 is 0 Å². The van der Waals surface area contributed by atoms with E-state index in [4.69, 9.17) is 14.4 Å². The number of furan rings is 1. The average molecular weight is 703 g/mol. The summed E-state index contributed by atoms with van der Waals surface area (Å²) < 4.78 is 6.40. The van der Waals surface area contributed by atoms with Crippen LogP contribution in [0.4, 0.5) is 0 Å². The summed E-state index contributed by atoms with van der Waals surface area (Å²) in [5.74, 6) is 0.704. The fourth-order valence-electron chi connectivity index (χ4n) is 8.91. The molecule has 8 aromatic carbocycles. The third kappa shape index (κ3) is 4.83. The molecule has 1 aliphatic rings. The standard InChI is InChI=1S/C52H34N2O/c1-52(36-16-3-2-4-17-36)44-25-9-7-20-42(44)49-43(24-13-26-45(49)52)47-32-46(53-51(54-47)41-23-11-15-33-14-5-6-18-37(33)41)35-30-28-34(29-31-35)38-21-12-22-40-39-19-8-10-27-48(39)55-50(38)40/h2-32H,1H3. The van der Waals surface area contributed by atoms with E-state index in [2.05, 4.69) is 183 Å². The summed E-state index contributed by atoms with van der Waals surface area (Å²) in [6.45, 7) is 2.36. The van der Waals surface area contributed by atoms with Crippen LogP contribution >= 0.6 is 0 Å². The van der Waals surface area contributed by atoms with Crippen LogP contribution in [0.3, 0.4) is 0 Å². The van der Waals surface area contributed by atoms with Crippen molar-refractivity contribution in [2.75, 3.05) is 0 Å². The van der Waals surface area contributed by atoms with Crippen molar-refractivity contribution in [3.63, 3.8) is 0 Å². The number of nitrogens with zero attached hydrogens (tertiary/aromatic N) is 2.